The van der Waals surface area contributed by atoms with Crippen molar-refractivity contribution in [3.63, 3.8) is 0 Å². The van der Waals surface area contributed by atoms with Crippen molar-refractivity contribution in [3.05, 3.63) is 58.6 Å². The minimum absolute atomic E-state index is 0.0579. The summed E-state index contributed by atoms with van der Waals surface area (Å²) >= 11 is 6.00. The van der Waals surface area contributed by atoms with Gasteiger partial charge in [0.25, 0.3) is 5.91 Å². The van der Waals surface area contributed by atoms with Crippen LogP contribution in [0.4, 0.5) is 0 Å². The van der Waals surface area contributed by atoms with E-state index in [1.807, 2.05) is 6.07 Å². The van der Waals surface area contributed by atoms with E-state index in [1.165, 1.54) is 0 Å². The molecule has 2 amide bonds. The summed E-state index contributed by atoms with van der Waals surface area (Å²) in [5.74, 6) is -0.816. The van der Waals surface area contributed by atoms with Crippen molar-refractivity contribution in [3.8, 4) is 11.1 Å². The van der Waals surface area contributed by atoms with Crippen molar-refractivity contribution in [1.29, 1.82) is 0 Å². The smallest absolute Gasteiger partial charge is 0.251 e. The summed E-state index contributed by atoms with van der Waals surface area (Å²) in [4.78, 5) is 24.2. The number of carbonyl (C=O) groups is 2. The van der Waals surface area contributed by atoms with E-state index < -0.39 is 11.4 Å². The number of amides is 2. The normalized spacial score (nSPS) is 15.6. The number of nitrogens with one attached hydrogen (secondary N) is 1. The largest absolute Gasteiger partial charge is 0.394 e. The molecule has 1 fully saturated rings. The molecule has 0 aromatic heterocycles. The zero-order chi connectivity index (χ0) is 18.7. The summed E-state index contributed by atoms with van der Waals surface area (Å²) in [6.45, 7) is -0.0579. The first kappa shape index (κ1) is 18.4. The Morgan fingerprint density at radius 1 is 1.12 bits per heavy atom. The molecule has 2 aromatic carbocycles. The molecule has 6 heteroatoms. The molecule has 2 aromatic rings. The van der Waals surface area contributed by atoms with Crippen molar-refractivity contribution in [1.82, 2.24) is 5.32 Å². The number of aliphatic hydroxyl groups is 1. The molecule has 0 radical (unpaired) electrons. The van der Waals surface area contributed by atoms with Gasteiger partial charge in [-0.2, -0.15) is 0 Å². The SMILES string of the molecule is NC(=O)c1cc(-c2cccc(C(=O)NC3(CO)CCCC3)c2)ccc1Cl. The van der Waals surface area contributed by atoms with Crippen molar-refractivity contribution >= 4 is 23.4 Å². The van der Waals surface area contributed by atoms with Crippen LogP contribution in [0.25, 0.3) is 11.1 Å². The maximum absolute atomic E-state index is 12.7. The van der Waals surface area contributed by atoms with Crippen LogP contribution in [0, 0.1) is 0 Å². The van der Waals surface area contributed by atoms with E-state index in [0.29, 0.717) is 10.6 Å². The van der Waals surface area contributed by atoms with Crippen LogP contribution in [-0.4, -0.2) is 29.1 Å². The maximum atomic E-state index is 12.7. The molecule has 0 aliphatic heterocycles. The summed E-state index contributed by atoms with van der Waals surface area (Å²) in [7, 11) is 0. The van der Waals surface area contributed by atoms with Crippen LogP contribution in [0.15, 0.2) is 42.5 Å². The summed E-state index contributed by atoms with van der Waals surface area (Å²) in [6, 6.07) is 12.1. The third kappa shape index (κ3) is 3.74. The standard InChI is InChI=1S/C20H21ClN2O3/c21-17-7-6-14(11-16(17)18(22)25)13-4-3-5-15(10-13)19(26)23-20(12-24)8-1-2-9-20/h3-7,10-11,24H,1-2,8-9,12H2,(H2,22,25)(H,23,26). The highest BCUT2D eigenvalue weighted by Crippen LogP contribution is 2.30. The van der Waals surface area contributed by atoms with Crippen LogP contribution in [-0.2, 0) is 0 Å². The highest BCUT2D eigenvalue weighted by atomic mass is 35.5. The van der Waals surface area contributed by atoms with E-state index in [4.69, 9.17) is 17.3 Å². The zero-order valence-electron chi connectivity index (χ0n) is 14.3. The third-order valence-electron chi connectivity index (χ3n) is 4.93. The van der Waals surface area contributed by atoms with Crippen molar-refractivity contribution in [2.24, 2.45) is 5.73 Å². The second-order valence-corrected chi connectivity index (χ2v) is 7.15. The van der Waals surface area contributed by atoms with Gasteiger partial charge in [-0.25, -0.2) is 0 Å². The molecule has 0 bridgehead atoms. The van der Waals surface area contributed by atoms with E-state index in [9.17, 15) is 14.7 Å². The topological polar surface area (TPSA) is 92.4 Å². The average Bonchev–Trinajstić information content (AvgIpc) is 3.11. The number of rotatable bonds is 5. The van der Waals surface area contributed by atoms with Crippen molar-refractivity contribution in [2.75, 3.05) is 6.61 Å². The Morgan fingerprint density at radius 2 is 1.81 bits per heavy atom. The van der Waals surface area contributed by atoms with Gasteiger partial charge in [0.2, 0.25) is 5.91 Å². The third-order valence-corrected chi connectivity index (χ3v) is 5.26. The zero-order valence-corrected chi connectivity index (χ0v) is 15.1. The first-order chi connectivity index (χ1) is 12.4. The number of carbonyl (C=O) groups excluding carboxylic acids is 2. The van der Waals surface area contributed by atoms with Crippen LogP contribution in [0.3, 0.4) is 0 Å². The van der Waals surface area contributed by atoms with E-state index in [1.54, 1.807) is 36.4 Å². The molecule has 1 aliphatic carbocycles. The average molecular weight is 373 g/mol. The van der Waals surface area contributed by atoms with Crippen LogP contribution >= 0.6 is 11.6 Å². The second kappa shape index (κ2) is 7.48. The lowest BCUT2D eigenvalue weighted by Crippen LogP contribution is -2.49. The van der Waals surface area contributed by atoms with Crippen LogP contribution < -0.4 is 11.1 Å². The molecule has 1 aliphatic rings. The molecule has 0 spiro atoms. The molecule has 1 saturated carbocycles. The molecule has 0 heterocycles. The number of nitrogens with two attached hydrogens (primary N) is 1. The summed E-state index contributed by atoms with van der Waals surface area (Å²) < 4.78 is 0. The molecule has 4 N–H and O–H groups in total. The highest BCUT2D eigenvalue weighted by Gasteiger charge is 2.34. The number of aliphatic hydroxyl groups excluding tert-OH is 1. The lowest BCUT2D eigenvalue weighted by Gasteiger charge is -2.28. The Bertz CT molecular complexity index is 845. The molecule has 5 nitrogen and oxygen atoms in total. The minimum Gasteiger partial charge on any atom is -0.394 e. The summed E-state index contributed by atoms with van der Waals surface area (Å²) in [5, 5.41) is 13.0. The quantitative estimate of drug-likeness (QED) is 0.752. The molecular formula is C20H21ClN2O3. The number of benzene rings is 2. The fourth-order valence-corrected chi connectivity index (χ4v) is 3.63. The Balaban J connectivity index is 1.88. The van der Waals surface area contributed by atoms with Crippen LogP contribution in [0.2, 0.25) is 5.02 Å². The molecular weight excluding hydrogens is 352 g/mol. The van der Waals surface area contributed by atoms with Gasteiger partial charge in [-0.1, -0.05) is 42.6 Å². The molecule has 3 rings (SSSR count). The number of primary amides is 1. The van der Waals surface area contributed by atoms with E-state index >= 15 is 0 Å². The first-order valence-corrected chi connectivity index (χ1v) is 8.95. The van der Waals surface area contributed by atoms with Gasteiger partial charge < -0.3 is 16.2 Å². The van der Waals surface area contributed by atoms with E-state index in [2.05, 4.69) is 5.32 Å². The van der Waals surface area contributed by atoms with Crippen molar-refractivity contribution in [2.45, 2.75) is 31.2 Å². The molecule has 26 heavy (non-hydrogen) atoms. The highest BCUT2D eigenvalue weighted by molar-refractivity contribution is 6.33. The van der Waals surface area contributed by atoms with E-state index in [-0.39, 0.29) is 18.1 Å². The molecule has 0 saturated heterocycles. The van der Waals surface area contributed by atoms with Gasteiger partial charge in [-0.15, -0.1) is 0 Å². The minimum atomic E-state index is -0.600. The van der Waals surface area contributed by atoms with Gasteiger partial charge in [-0.3, -0.25) is 9.59 Å². The fraction of sp³-hybridized carbons (Fsp3) is 0.300. The van der Waals surface area contributed by atoms with Gasteiger partial charge in [0.15, 0.2) is 0 Å². The Kier molecular flexibility index (Phi) is 5.30. The molecule has 0 unspecified atom stereocenters. The molecule has 0 atom stereocenters. The van der Waals surface area contributed by atoms with Crippen LogP contribution in [0.5, 0.6) is 0 Å². The first-order valence-electron chi connectivity index (χ1n) is 8.57. The van der Waals surface area contributed by atoms with Gasteiger partial charge >= 0.3 is 0 Å². The lowest BCUT2D eigenvalue weighted by molar-refractivity contribution is 0.0838. The fourth-order valence-electron chi connectivity index (χ4n) is 3.42. The lowest BCUT2D eigenvalue weighted by atomic mass is 9.97. The number of hydrogen-bond donors (Lipinski definition) is 3. The Labute approximate surface area is 157 Å². The van der Waals surface area contributed by atoms with Gasteiger partial charge in [-0.05, 0) is 48.2 Å². The number of hydrogen-bond acceptors (Lipinski definition) is 3. The second-order valence-electron chi connectivity index (χ2n) is 6.74. The Hall–Kier alpha value is -2.37. The van der Waals surface area contributed by atoms with Gasteiger partial charge in [0, 0.05) is 5.56 Å². The summed E-state index contributed by atoms with van der Waals surface area (Å²) in [5.41, 5.74) is 7.09. The van der Waals surface area contributed by atoms with Crippen LogP contribution in [0.1, 0.15) is 46.4 Å². The summed E-state index contributed by atoms with van der Waals surface area (Å²) in [6.07, 6.45) is 3.57. The van der Waals surface area contributed by atoms with E-state index in [0.717, 1.165) is 36.8 Å². The Morgan fingerprint density at radius 3 is 2.46 bits per heavy atom. The number of halogens is 1. The predicted molar refractivity (Wildman–Crippen MR) is 101 cm³/mol. The monoisotopic (exact) mass is 372 g/mol. The van der Waals surface area contributed by atoms with Crippen molar-refractivity contribution < 1.29 is 14.7 Å². The maximum Gasteiger partial charge on any atom is 0.251 e. The predicted octanol–water partition coefficient (Wildman–Crippen LogP) is 3.14. The molecule has 136 valence electrons. The van der Waals surface area contributed by atoms with Gasteiger partial charge in [0.05, 0.1) is 22.7 Å². The van der Waals surface area contributed by atoms with Gasteiger partial charge in [0.1, 0.15) is 0 Å².